The molecule has 2 aromatic rings. The van der Waals surface area contributed by atoms with E-state index in [2.05, 4.69) is 4.98 Å². The molecule has 1 aromatic carbocycles. The maximum absolute atomic E-state index is 11.0. The zero-order valence-electron chi connectivity index (χ0n) is 10.4. The van der Waals surface area contributed by atoms with Crippen LogP contribution in [0.1, 0.15) is 5.56 Å². The molecule has 7 heteroatoms. The van der Waals surface area contributed by atoms with Gasteiger partial charge in [-0.25, -0.2) is 4.98 Å². The van der Waals surface area contributed by atoms with Gasteiger partial charge in [-0.3, -0.25) is 10.1 Å². The minimum Gasteiger partial charge on any atom is -0.496 e. The fraction of sp³-hybridized carbons (Fsp3) is 0.0769. The maximum Gasteiger partial charge on any atom is 0.315 e. The normalized spacial score (nSPS) is 9.60. The molecule has 0 bridgehead atoms. The number of pyridine rings is 1. The molecule has 0 fully saturated rings. The molecular weight excluding hydrogens is 262 g/mol. The Bertz CT molecular complexity index is 694. The highest BCUT2D eigenvalue weighted by Crippen LogP contribution is 2.33. The van der Waals surface area contributed by atoms with Crippen LogP contribution < -0.4 is 9.47 Å². The molecule has 20 heavy (non-hydrogen) atoms. The zero-order valence-corrected chi connectivity index (χ0v) is 10.4. The lowest BCUT2D eigenvalue weighted by molar-refractivity contribution is -0.385. The van der Waals surface area contributed by atoms with Crippen LogP contribution in [-0.4, -0.2) is 17.0 Å². The lowest BCUT2D eigenvalue weighted by Crippen LogP contribution is -1.96. The van der Waals surface area contributed by atoms with Crippen molar-refractivity contribution in [1.82, 2.24) is 4.98 Å². The van der Waals surface area contributed by atoms with Crippen LogP contribution in [0.5, 0.6) is 17.4 Å². The summed E-state index contributed by atoms with van der Waals surface area (Å²) < 4.78 is 10.3. The standard InChI is InChI=1S/C13H9N3O4/c1-19-10-2-3-12(11(7-10)16(17)18)20-13-6-9(8-14)4-5-15-13/h2-7H,1H3. The SMILES string of the molecule is COc1ccc(Oc2cc(C#N)ccn2)c([N+](=O)[O-])c1. The molecule has 0 radical (unpaired) electrons. The predicted molar refractivity (Wildman–Crippen MR) is 68.7 cm³/mol. The molecule has 0 atom stereocenters. The van der Waals surface area contributed by atoms with E-state index >= 15 is 0 Å². The molecule has 0 saturated heterocycles. The first-order valence-electron chi connectivity index (χ1n) is 5.50. The number of nitro groups is 1. The minimum atomic E-state index is -0.577. The van der Waals surface area contributed by atoms with Crippen molar-refractivity contribution in [2.45, 2.75) is 0 Å². The third kappa shape index (κ3) is 2.81. The Kier molecular flexibility index (Phi) is 3.77. The molecule has 0 N–H and O–H groups in total. The number of hydrogen-bond donors (Lipinski definition) is 0. The fourth-order valence-corrected chi connectivity index (χ4v) is 1.50. The Morgan fingerprint density at radius 3 is 2.80 bits per heavy atom. The number of rotatable bonds is 4. The number of ether oxygens (including phenoxy) is 2. The quantitative estimate of drug-likeness (QED) is 0.626. The van der Waals surface area contributed by atoms with Gasteiger partial charge in [0.05, 0.1) is 29.7 Å². The lowest BCUT2D eigenvalue weighted by atomic mass is 10.2. The Labute approximate surface area is 114 Å². The lowest BCUT2D eigenvalue weighted by Gasteiger charge is -2.06. The molecule has 0 unspecified atom stereocenters. The summed E-state index contributed by atoms with van der Waals surface area (Å²) in [4.78, 5) is 14.3. The number of nitro benzene ring substituents is 1. The van der Waals surface area contributed by atoms with Crippen molar-refractivity contribution >= 4 is 5.69 Å². The third-order valence-electron chi connectivity index (χ3n) is 2.44. The second-order valence-electron chi connectivity index (χ2n) is 3.69. The molecule has 1 heterocycles. The van der Waals surface area contributed by atoms with Crippen LogP contribution in [-0.2, 0) is 0 Å². The van der Waals surface area contributed by atoms with Crippen molar-refractivity contribution in [2.24, 2.45) is 0 Å². The van der Waals surface area contributed by atoms with Gasteiger partial charge in [0.1, 0.15) is 5.75 Å². The molecule has 0 saturated carbocycles. The smallest absolute Gasteiger partial charge is 0.315 e. The molecule has 2 rings (SSSR count). The average molecular weight is 271 g/mol. The van der Waals surface area contributed by atoms with Crippen molar-refractivity contribution in [1.29, 1.82) is 5.26 Å². The van der Waals surface area contributed by atoms with Crippen LogP contribution in [0.15, 0.2) is 36.5 Å². The van der Waals surface area contributed by atoms with Gasteiger partial charge >= 0.3 is 5.69 Å². The predicted octanol–water partition coefficient (Wildman–Crippen LogP) is 2.66. The zero-order chi connectivity index (χ0) is 14.5. The van der Waals surface area contributed by atoms with Gasteiger partial charge in [-0.2, -0.15) is 5.26 Å². The largest absolute Gasteiger partial charge is 0.496 e. The second-order valence-corrected chi connectivity index (χ2v) is 3.69. The second kappa shape index (κ2) is 5.67. The van der Waals surface area contributed by atoms with Crippen molar-refractivity contribution in [3.05, 3.63) is 52.2 Å². The van der Waals surface area contributed by atoms with Crippen LogP contribution in [0, 0.1) is 21.4 Å². The number of benzene rings is 1. The van der Waals surface area contributed by atoms with E-state index in [-0.39, 0.29) is 17.3 Å². The first-order chi connectivity index (χ1) is 9.63. The van der Waals surface area contributed by atoms with E-state index in [1.807, 2.05) is 6.07 Å². The summed E-state index contributed by atoms with van der Waals surface area (Å²) in [5, 5.41) is 19.8. The van der Waals surface area contributed by atoms with E-state index in [4.69, 9.17) is 14.7 Å². The molecule has 0 aliphatic carbocycles. The summed E-state index contributed by atoms with van der Waals surface area (Å²) in [6.07, 6.45) is 1.39. The van der Waals surface area contributed by atoms with Crippen LogP contribution in [0.3, 0.4) is 0 Å². The summed E-state index contributed by atoms with van der Waals surface area (Å²) in [6, 6.07) is 9.05. The Morgan fingerprint density at radius 2 is 2.15 bits per heavy atom. The summed E-state index contributed by atoms with van der Waals surface area (Å²) >= 11 is 0. The summed E-state index contributed by atoms with van der Waals surface area (Å²) in [5.74, 6) is 0.485. The van der Waals surface area contributed by atoms with Crippen LogP contribution in [0.2, 0.25) is 0 Å². The number of methoxy groups -OCH3 is 1. The average Bonchev–Trinajstić information content (AvgIpc) is 2.47. The number of aromatic nitrogens is 1. The summed E-state index contributed by atoms with van der Waals surface area (Å²) in [7, 11) is 1.41. The van der Waals surface area contributed by atoms with Crippen LogP contribution in [0.4, 0.5) is 5.69 Å². The third-order valence-corrected chi connectivity index (χ3v) is 2.44. The summed E-state index contributed by atoms with van der Waals surface area (Å²) in [6.45, 7) is 0. The molecule has 1 aromatic heterocycles. The van der Waals surface area contributed by atoms with E-state index in [1.165, 1.54) is 43.6 Å². The van der Waals surface area contributed by atoms with Gasteiger partial charge < -0.3 is 9.47 Å². The fourth-order valence-electron chi connectivity index (χ4n) is 1.50. The van der Waals surface area contributed by atoms with Crippen LogP contribution in [0.25, 0.3) is 0 Å². The molecule has 0 spiro atoms. The van der Waals surface area contributed by atoms with Crippen molar-refractivity contribution in [3.63, 3.8) is 0 Å². The van der Waals surface area contributed by atoms with Crippen molar-refractivity contribution in [2.75, 3.05) is 7.11 Å². The van der Waals surface area contributed by atoms with E-state index in [0.717, 1.165) is 0 Å². The molecule has 0 aliphatic heterocycles. The highest BCUT2D eigenvalue weighted by Gasteiger charge is 2.17. The summed E-state index contributed by atoms with van der Waals surface area (Å²) in [5.41, 5.74) is 0.111. The Morgan fingerprint density at radius 1 is 1.35 bits per heavy atom. The van der Waals surface area contributed by atoms with Gasteiger partial charge in [-0.15, -0.1) is 0 Å². The van der Waals surface area contributed by atoms with Crippen molar-refractivity contribution < 1.29 is 14.4 Å². The van der Waals surface area contributed by atoms with Gasteiger partial charge in [0.2, 0.25) is 11.6 Å². The molecule has 0 amide bonds. The maximum atomic E-state index is 11.0. The first-order valence-corrected chi connectivity index (χ1v) is 5.50. The molecule has 7 nitrogen and oxygen atoms in total. The first kappa shape index (κ1) is 13.3. The van der Waals surface area contributed by atoms with Gasteiger partial charge in [-0.1, -0.05) is 0 Å². The van der Waals surface area contributed by atoms with E-state index in [1.54, 1.807) is 0 Å². The van der Waals surface area contributed by atoms with Gasteiger partial charge in [0.15, 0.2) is 0 Å². The molecule has 0 aliphatic rings. The highest BCUT2D eigenvalue weighted by molar-refractivity contribution is 5.52. The van der Waals surface area contributed by atoms with E-state index < -0.39 is 4.92 Å². The van der Waals surface area contributed by atoms with Crippen LogP contribution >= 0.6 is 0 Å². The topological polar surface area (TPSA) is 98.3 Å². The van der Waals surface area contributed by atoms with Gasteiger partial charge in [0, 0.05) is 12.3 Å². The van der Waals surface area contributed by atoms with Gasteiger partial charge in [-0.05, 0) is 18.2 Å². The Balaban J connectivity index is 2.37. The number of nitriles is 1. The molecule has 100 valence electrons. The highest BCUT2D eigenvalue weighted by atomic mass is 16.6. The Hall–Kier alpha value is -3.14. The number of nitrogens with zero attached hydrogens (tertiary/aromatic N) is 3. The van der Waals surface area contributed by atoms with Gasteiger partial charge in [0.25, 0.3) is 0 Å². The van der Waals surface area contributed by atoms with E-state index in [9.17, 15) is 10.1 Å². The minimum absolute atomic E-state index is 0.0263. The number of hydrogen-bond acceptors (Lipinski definition) is 6. The monoisotopic (exact) mass is 271 g/mol. The molecular formula is C13H9N3O4. The van der Waals surface area contributed by atoms with Crippen molar-refractivity contribution in [3.8, 4) is 23.4 Å². The van der Waals surface area contributed by atoms with E-state index in [0.29, 0.717) is 11.3 Å².